The van der Waals surface area contributed by atoms with Crippen molar-refractivity contribution < 1.29 is 17.5 Å². The third-order valence-electron chi connectivity index (χ3n) is 4.80. The van der Waals surface area contributed by atoms with Gasteiger partial charge in [0.05, 0.1) is 11.1 Å². The molecular weight excluding hydrogens is 366 g/mol. The summed E-state index contributed by atoms with van der Waals surface area (Å²) in [4.78, 5) is 0. The van der Waals surface area contributed by atoms with E-state index in [-0.39, 0.29) is 5.75 Å². The number of thiazole rings is 1. The van der Waals surface area contributed by atoms with Crippen molar-refractivity contribution in [3.8, 4) is 0 Å². The molecule has 3 aromatic carbocycles. The Balaban J connectivity index is 1.81. The van der Waals surface area contributed by atoms with E-state index in [1.807, 2.05) is 0 Å². The van der Waals surface area contributed by atoms with Crippen LogP contribution < -0.4 is 4.57 Å². The Kier molecular flexibility index (Phi) is 4.42. The highest BCUT2D eigenvalue weighted by Crippen LogP contribution is 2.32. The molecule has 0 aliphatic carbocycles. The number of fused-ring (bicyclic) bond motifs is 5. The second-order valence-corrected chi connectivity index (χ2v) is 9.37. The second-order valence-electron chi connectivity index (χ2n) is 6.56. The van der Waals surface area contributed by atoms with Crippen molar-refractivity contribution in [3.63, 3.8) is 0 Å². The van der Waals surface area contributed by atoms with E-state index in [4.69, 9.17) is 4.55 Å². The molecule has 134 valence electrons. The summed E-state index contributed by atoms with van der Waals surface area (Å²) in [5, 5.41) is 6.13. The SMILES string of the molecule is Cc1sc2ccc3c4ccccc4ccc3c2[n+]1CCCCS(=O)(=O)O. The van der Waals surface area contributed by atoms with Gasteiger partial charge in [-0.15, -0.1) is 0 Å². The van der Waals surface area contributed by atoms with Crippen molar-refractivity contribution in [1.82, 2.24) is 0 Å². The predicted molar refractivity (Wildman–Crippen MR) is 107 cm³/mol. The van der Waals surface area contributed by atoms with Gasteiger partial charge in [-0.05, 0) is 34.7 Å². The Hall–Kier alpha value is -2.02. The lowest BCUT2D eigenvalue weighted by Crippen LogP contribution is -2.35. The van der Waals surface area contributed by atoms with Crippen LogP contribution >= 0.6 is 11.3 Å². The minimum Gasteiger partial charge on any atom is -0.286 e. The molecule has 0 atom stereocenters. The summed E-state index contributed by atoms with van der Waals surface area (Å²) >= 11 is 1.76. The molecule has 0 fully saturated rings. The van der Waals surface area contributed by atoms with Crippen molar-refractivity contribution in [2.24, 2.45) is 0 Å². The first-order valence-electron chi connectivity index (χ1n) is 8.62. The second kappa shape index (κ2) is 6.61. The highest BCUT2D eigenvalue weighted by atomic mass is 32.2. The molecule has 0 saturated heterocycles. The first kappa shape index (κ1) is 17.4. The zero-order valence-electron chi connectivity index (χ0n) is 14.5. The van der Waals surface area contributed by atoms with Crippen LogP contribution in [-0.2, 0) is 16.7 Å². The van der Waals surface area contributed by atoms with Gasteiger partial charge in [-0.25, -0.2) is 0 Å². The zero-order chi connectivity index (χ0) is 18.3. The Morgan fingerprint density at radius 1 is 0.962 bits per heavy atom. The van der Waals surface area contributed by atoms with E-state index in [0.717, 1.165) is 6.54 Å². The average Bonchev–Trinajstić information content (AvgIpc) is 2.93. The van der Waals surface area contributed by atoms with Gasteiger partial charge in [-0.1, -0.05) is 47.7 Å². The summed E-state index contributed by atoms with van der Waals surface area (Å²) in [6, 6.07) is 17.1. The van der Waals surface area contributed by atoms with E-state index in [2.05, 4.69) is 60.0 Å². The number of aryl methyl sites for hydroxylation is 2. The minimum atomic E-state index is -3.88. The molecule has 0 unspecified atom stereocenters. The van der Waals surface area contributed by atoms with Gasteiger partial charge in [-0.2, -0.15) is 13.0 Å². The lowest BCUT2D eigenvalue weighted by atomic mass is 10.0. The Morgan fingerprint density at radius 3 is 2.54 bits per heavy atom. The summed E-state index contributed by atoms with van der Waals surface area (Å²) in [6.45, 7) is 2.84. The molecule has 4 aromatic rings. The summed E-state index contributed by atoms with van der Waals surface area (Å²) in [6.07, 6.45) is 1.16. The predicted octanol–water partition coefficient (Wildman–Crippen LogP) is 4.47. The van der Waals surface area contributed by atoms with Crippen molar-refractivity contribution in [1.29, 1.82) is 0 Å². The van der Waals surface area contributed by atoms with Gasteiger partial charge in [0.15, 0.2) is 0 Å². The van der Waals surface area contributed by atoms with Crippen LogP contribution in [0.5, 0.6) is 0 Å². The maximum atomic E-state index is 10.9. The van der Waals surface area contributed by atoms with E-state index in [1.165, 1.54) is 36.8 Å². The molecule has 1 aromatic heterocycles. The van der Waals surface area contributed by atoms with E-state index < -0.39 is 10.1 Å². The number of unbranched alkanes of at least 4 members (excludes halogenated alkanes) is 1. The minimum absolute atomic E-state index is 0.180. The highest BCUT2D eigenvalue weighted by molar-refractivity contribution is 7.85. The number of nitrogens with zero attached hydrogens (tertiary/aromatic N) is 1. The van der Waals surface area contributed by atoms with E-state index in [1.54, 1.807) is 11.3 Å². The summed E-state index contributed by atoms with van der Waals surface area (Å²) in [7, 11) is -3.88. The van der Waals surface area contributed by atoms with Gasteiger partial charge < -0.3 is 0 Å². The number of rotatable bonds is 5. The zero-order valence-corrected chi connectivity index (χ0v) is 16.1. The van der Waals surface area contributed by atoms with Gasteiger partial charge in [0, 0.05) is 13.3 Å². The topological polar surface area (TPSA) is 58.2 Å². The molecule has 6 heteroatoms. The van der Waals surface area contributed by atoms with Gasteiger partial charge >= 0.3 is 0 Å². The van der Waals surface area contributed by atoms with Crippen molar-refractivity contribution in [3.05, 3.63) is 53.5 Å². The third-order valence-corrected chi connectivity index (χ3v) is 6.67. The van der Waals surface area contributed by atoms with E-state index in [0.29, 0.717) is 12.8 Å². The number of hydrogen-bond acceptors (Lipinski definition) is 3. The fourth-order valence-electron chi connectivity index (χ4n) is 3.61. The maximum Gasteiger partial charge on any atom is 0.264 e. The lowest BCUT2D eigenvalue weighted by molar-refractivity contribution is -0.672. The largest absolute Gasteiger partial charge is 0.286 e. The summed E-state index contributed by atoms with van der Waals surface area (Å²) in [5.41, 5.74) is 1.21. The molecule has 0 bridgehead atoms. The quantitative estimate of drug-likeness (QED) is 0.238. The van der Waals surface area contributed by atoms with Gasteiger partial charge in [-0.3, -0.25) is 4.55 Å². The normalized spacial score (nSPS) is 12.4. The van der Waals surface area contributed by atoms with Gasteiger partial charge in [0.2, 0.25) is 10.5 Å². The molecule has 0 radical (unpaired) electrons. The molecule has 1 heterocycles. The highest BCUT2D eigenvalue weighted by Gasteiger charge is 2.20. The summed E-state index contributed by atoms with van der Waals surface area (Å²) in [5.74, 6) is -0.180. The number of benzene rings is 3. The van der Waals surface area contributed by atoms with Crippen LogP contribution in [0.1, 0.15) is 17.8 Å². The van der Waals surface area contributed by atoms with E-state index in [9.17, 15) is 8.42 Å². The van der Waals surface area contributed by atoms with Crippen molar-refractivity contribution in [2.45, 2.75) is 26.3 Å². The molecule has 0 spiro atoms. The summed E-state index contributed by atoms with van der Waals surface area (Å²) < 4.78 is 34.3. The first-order chi connectivity index (χ1) is 12.4. The van der Waals surface area contributed by atoms with Gasteiger partial charge in [0.25, 0.3) is 10.1 Å². The number of hydrogen-bond donors (Lipinski definition) is 1. The van der Waals surface area contributed by atoms with Crippen LogP contribution in [0.3, 0.4) is 0 Å². The molecular formula is C20H20NO3S2+. The van der Waals surface area contributed by atoms with E-state index >= 15 is 0 Å². The van der Waals surface area contributed by atoms with Crippen molar-refractivity contribution >= 4 is 53.2 Å². The lowest BCUT2D eigenvalue weighted by Gasteiger charge is -2.04. The molecule has 0 aliphatic rings. The standard InChI is InChI=1S/C20H19NO3S2/c1-14-21(12-4-5-13-26(22,23)24)20-18-9-8-15-6-2-3-7-16(15)17(18)10-11-19(20)25-14/h2-3,6-11H,4-5,12-13H2,1H3/p+1. The molecule has 26 heavy (non-hydrogen) atoms. The Bertz CT molecular complexity index is 1230. The van der Waals surface area contributed by atoms with Crippen LogP contribution in [0.2, 0.25) is 0 Å². The number of aromatic nitrogens is 1. The smallest absolute Gasteiger partial charge is 0.264 e. The van der Waals surface area contributed by atoms with Crippen LogP contribution in [0.15, 0.2) is 48.5 Å². The molecule has 1 N–H and O–H groups in total. The van der Waals surface area contributed by atoms with Crippen molar-refractivity contribution in [2.75, 3.05) is 5.75 Å². The third kappa shape index (κ3) is 3.20. The Labute approximate surface area is 156 Å². The Morgan fingerprint density at radius 2 is 1.73 bits per heavy atom. The molecule has 4 rings (SSSR count). The molecule has 4 nitrogen and oxygen atoms in total. The maximum absolute atomic E-state index is 10.9. The molecule has 0 amide bonds. The van der Waals surface area contributed by atoms with Crippen LogP contribution in [0.4, 0.5) is 0 Å². The monoisotopic (exact) mass is 386 g/mol. The molecule has 0 aliphatic heterocycles. The van der Waals surface area contributed by atoms with Crippen LogP contribution in [0.25, 0.3) is 31.8 Å². The van der Waals surface area contributed by atoms with Crippen LogP contribution in [0, 0.1) is 6.92 Å². The average molecular weight is 387 g/mol. The van der Waals surface area contributed by atoms with Gasteiger partial charge in [0.1, 0.15) is 11.2 Å². The first-order valence-corrected chi connectivity index (χ1v) is 11.1. The fraction of sp³-hybridized carbons (Fsp3) is 0.250. The van der Waals surface area contributed by atoms with Crippen LogP contribution in [-0.4, -0.2) is 18.7 Å². The fourth-order valence-corrected chi connectivity index (χ4v) is 5.24. The molecule has 0 saturated carbocycles.